The zero-order valence-corrected chi connectivity index (χ0v) is 20.8. The molecule has 11 heteroatoms. The van der Waals surface area contributed by atoms with Crippen molar-refractivity contribution in [3.8, 4) is 11.4 Å². The van der Waals surface area contributed by atoms with Crippen LogP contribution in [0.15, 0.2) is 82.5 Å². The predicted molar refractivity (Wildman–Crippen MR) is 136 cm³/mol. The second-order valence-corrected chi connectivity index (χ2v) is 10.3. The number of nitrogens with zero attached hydrogens (tertiary/aromatic N) is 3. The number of carboxylic acid groups (broad SMARTS) is 1. The normalized spacial score (nSPS) is 18.9. The van der Waals surface area contributed by atoms with Crippen LogP contribution in [0.5, 0.6) is 5.75 Å². The van der Waals surface area contributed by atoms with Crippen molar-refractivity contribution in [2.45, 2.75) is 22.9 Å². The fraction of sp³-hybridized carbons (Fsp3) is 0.200. The molecule has 2 N–H and O–H groups in total. The smallest absolute Gasteiger partial charge is 0.353 e. The van der Waals surface area contributed by atoms with Gasteiger partial charge in [-0.25, -0.2) is 9.48 Å². The number of hydrogen-bond acceptors (Lipinski definition) is 7. The highest BCUT2D eigenvalue weighted by Crippen LogP contribution is 2.45. The van der Waals surface area contributed by atoms with Crippen molar-refractivity contribution in [3.05, 3.63) is 83.0 Å². The van der Waals surface area contributed by atoms with Crippen molar-refractivity contribution in [3.63, 3.8) is 0 Å². The van der Waals surface area contributed by atoms with Gasteiger partial charge in [0.1, 0.15) is 27.9 Å². The molecule has 0 unspecified atom stereocenters. The molecule has 36 heavy (non-hydrogen) atoms. The predicted octanol–water partition coefficient (Wildman–Crippen LogP) is 2.91. The number of rotatable bonds is 8. The topological polar surface area (TPSA) is 114 Å². The lowest BCUT2D eigenvalue weighted by molar-refractivity contribution is -0.150. The molecule has 2 amide bonds. The van der Waals surface area contributed by atoms with E-state index in [0.29, 0.717) is 21.4 Å². The summed E-state index contributed by atoms with van der Waals surface area (Å²) in [6, 6.07) is 17.6. The third kappa shape index (κ3) is 4.59. The fourth-order valence-electron chi connectivity index (χ4n) is 4.09. The van der Waals surface area contributed by atoms with Crippen molar-refractivity contribution in [1.29, 1.82) is 0 Å². The molecule has 1 aromatic heterocycles. The molecule has 1 saturated heterocycles. The Hall–Kier alpha value is -3.70. The minimum absolute atomic E-state index is 0.0511. The van der Waals surface area contributed by atoms with E-state index in [1.54, 1.807) is 24.1 Å². The summed E-state index contributed by atoms with van der Waals surface area (Å²) in [5, 5.41) is 17.4. The molecular formula is C25H22N4O5S2. The lowest BCUT2D eigenvalue weighted by atomic mass is 10.0. The molecule has 2 aromatic carbocycles. The number of carbonyl (C=O) groups excluding carboxylic acids is 2. The molecule has 2 aliphatic rings. The first-order valence-electron chi connectivity index (χ1n) is 11.1. The van der Waals surface area contributed by atoms with Crippen LogP contribution < -0.4 is 10.1 Å². The summed E-state index contributed by atoms with van der Waals surface area (Å²) < 4.78 is 6.91. The molecule has 1 fully saturated rings. The van der Waals surface area contributed by atoms with Gasteiger partial charge in [0.25, 0.3) is 5.91 Å². The van der Waals surface area contributed by atoms with Crippen LogP contribution in [0, 0.1) is 0 Å². The number of hydrogen-bond donors (Lipinski definition) is 2. The van der Waals surface area contributed by atoms with E-state index in [4.69, 9.17) is 4.74 Å². The molecule has 5 rings (SSSR count). The van der Waals surface area contributed by atoms with E-state index >= 15 is 0 Å². The van der Waals surface area contributed by atoms with E-state index in [1.165, 1.54) is 28.4 Å². The standard InChI is InChI=1S/C25H22N4O5S2/c1-34-17-9-7-16(8-10-17)29-20(11-12-26-29)36-18-14-35-24-21(23(31)28(24)22(18)25(32)33)27-19(30)13-15-5-3-2-4-6-15/h2-12,21,24H,13-14H2,1H3,(H,27,30)(H,32,33)/t21-,24-/m1/s1. The Bertz CT molecular complexity index is 1340. The molecule has 3 aromatic rings. The summed E-state index contributed by atoms with van der Waals surface area (Å²) in [5.41, 5.74) is 1.58. The van der Waals surface area contributed by atoms with Crippen LogP contribution in [0.3, 0.4) is 0 Å². The van der Waals surface area contributed by atoms with Gasteiger partial charge in [0, 0.05) is 10.7 Å². The number of ether oxygens (including phenoxy) is 1. The van der Waals surface area contributed by atoms with Crippen molar-refractivity contribution in [2.24, 2.45) is 0 Å². The van der Waals surface area contributed by atoms with Crippen molar-refractivity contribution in [1.82, 2.24) is 20.0 Å². The molecule has 2 atom stereocenters. The lowest BCUT2D eigenvalue weighted by Crippen LogP contribution is -2.70. The quantitative estimate of drug-likeness (QED) is 0.434. The molecular weight excluding hydrogens is 500 g/mol. The van der Waals surface area contributed by atoms with Crippen LogP contribution in [0.2, 0.25) is 0 Å². The van der Waals surface area contributed by atoms with Gasteiger partial charge in [0.15, 0.2) is 0 Å². The third-order valence-corrected chi connectivity index (χ3v) is 8.38. The number of thioether (sulfide) groups is 2. The van der Waals surface area contributed by atoms with Crippen LogP contribution in [0.1, 0.15) is 5.56 Å². The first-order valence-corrected chi connectivity index (χ1v) is 12.9. The Morgan fingerprint density at radius 2 is 1.92 bits per heavy atom. The van der Waals surface area contributed by atoms with E-state index in [2.05, 4.69) is 10.4 Å². The number of amides is 2. The van der Waals surface area contributed by atoms with E-state index in [9.17, 15) is 19.5 Å². The second-order valence-electron chi connectivity index (χ2n) is 8.08. The van der Waals surface area contributed by atoms with Gasteiger partial charge in [0.2, 0.25) is 5.91 Å². The summed E-state index contributed by atoms with van der Waals surface area (Å²) in [6.07, 6.45) is 1.79. The van der Waals surface area contributed by atoms with Gasteiger partial charge in [-0.1, -0.05) is 42.1 Å². The zero-order chi connectivity index (χ0) is 25.2. The third-order valence-electron chi connectivity index (χ3n) is 5.81. The summed E-state index contributed by atoms with van der Waals surface area (Å²) in [6.45, 7) is 0. The summed E-state index contributed by atoms with van der Waals surface area (Å²) in [5.74, 6) is -0.773. The maximum Gasteiger partial charge on any atom is 0.353 e. The maximum absolute atomic E-state index is 13.0. The number of methoxy groups -OCH3 is 1. The Morgan fingerprint density at radius 1 is 1.17 bits per heavy atom. The van der Waals surface area contributed by atoms with Crippen molar-refractivity contribution in [2.75, 3.05) is 12.9 Å². The molecule has 3 heterocycles. The average Bonchev–Trinajstić information content (AvgIpc) is 3.35. The Labute approximate surface area is 215 Å². The van der Waals surface area contributed by atoms with Gasteiger partial charge in [-0.2, -0.15) is 5.10 Å². The van der Waals surface area contributed by atoms with Gasteiger partial charge in [0.05, 0.1) is 25.4 Å². The highest BCUT2D eigenvalue weighted by Gasteiger charge is 2.54. The Kier molecular flexibility index (Phi) is 6.75. The number of aliphatic carboxylic acids is 1. The molecule has 0 saturated carbocycles. The van der Waals surface area contributed by atoms with Gasteiger partial charge in [-0.15, -0.1) is 11.8 Å². The number of β-lactam (4-membered cyclic amide) rings is 1. The molecule has 184 valence electrons. The van der Waals surface area contributed by atoms with E-state index in [-0.39, 0.29) is 18.0 Å². The number of fused-ring (bicyclic) bond motifs is 1. The molecule has 9 nitrogen and oxygen atoms in total. The number of carbonyl (C=O) groups is 3. The maximum atomic E-state index is 13.0. The van der Waals surface area contributed by atoms with Crippen LogP contribution in [-0.2, 0) is 20.8 Å². The summed E-state index contributed by atoms with van der Waals surface area (Å²) in [4.78, 5) is 39.5. The largest absolute Gasteiger partial charge is 0.497 e. The molecule has 0 aliphatic carbocycles. The first kappa shape index (κ1) is 24.0. The van der Waals surface area contributed by atoms with Crippen molar-refractivity contribution < 1.29 is 24.2 Å². The van der Waals surface area contributed by atoms with Gasteiger partial charge in [-0.3, -0.25) is 14.5 Å². The number of carboxylic acids is 1. The van der Waals surface area contributed by atoms with Gasteiger partial charge >= 0.3 is 5.97 Å². The zero-order valence-electron chi connectivity index (χ0n) is 19.2. The van der Waals surface area contributed by atoms with Gasteiger partial charge in [-0.05, 0) is 35.9 Å². The highest BCUT2D eigenvalue weighted by molar-refractivity contribution is 8.06. The number of nitrogens with one attached hydrogen (secondary N) is 1. The minimum atomic E-state index is -1.18. The molecule has 2 aliphatic heterocycles. The van der Waals surface area contributed by atoms with Crippen LogP contribution in [-0.4, -0.2) is 61.8 Å². The van der Waals surface area contributed by atoms with E-state index < -0.39 is 23.3 Å². The van der Waals surface area contributed by atoms with Crippen LogP contribution in [0.4, 0.5) is 0 Å². The van der Waals surface area contributed by atoms with E-state index in [0.717, 1.165) is 11.3 Å². The van der Waals surface area contributed by atoms with Crippen molar-refractivity contribution >= 4 is 41.3 Å². The second kappa shape index (κ2) is 10.1. The molecule has 0 bridgehead atoms. The summed E-state index contributed by atoms with van der Waals surface area (Å²) in [7, 11) is 1.59. The lowest BCUT2D eigenvalue weighted by Gasteiger charge is -2.49. The first-order chi connectivity index (χ1) is 17.5. The Morgan fingerprint density at radius 3 is 2.61 bits per heavy atom. The average molecular weight is 523 g/mol. The monoisotopic (exact) mass is 522 g/mol. The fourth-order valence-corrected chi connectivity index (χ4v) is 6.62. The highest BCUT2D eigenvalue weighted by atomic mass is 32.2. The summed E-state index contributed by atoms with van der Waals surface area (Å²) >= 11 is 2.70. The SMILES string of the molecule is COc1ccc(-n2nccc2SC2=C(C(=O)O)N3C(=O)[C@@H](NC(=O)Cc4ccccc4)[C@H]3SC2)cc1. The van der Waals surface area contributed by atoms with E-state index in [1.807, 2.05) is 54.6 Å². The molecule has 0 radical (unpaired) electrons. The number of aromatic nitrogens is 2. The molecule has 0 spiro atoms. The Balaban J connectivity index is 1.33. The van der Waals surface area contributed by atoms with Crippen LogP contribution >= 0.6 is 23.5 Å². The van der Waals surface area contributed by atoms with Crippen LogP contribution in [0.25, 0.3) is 5.69 Å². The number of benzene rings is 2. The minimum Gasteiger partial charge on any atom is -0.497 e. The van der Waals surface area contributed by atoms with Gasteiger partial charge < -0.3 is 15.2 Å².